The Balaban J connectivity index is 1.99. The van der Waals surface area contributed by atoms with Gasteiger partial charge in [0, 0.05) is 16.6 Å². The van der Waals surface area contributed by atoms with Crippen molar-refractivity contribution in [2.45, 2.75) is 20.3 Å². The van der Waals surface area contributed by atoms with Gasteiger partial charge < -0.3 is 14.2 Å². The zero-order valence-corrected chi connectivity index (χ0v) is 16.2. The van der Waals surface area contributed by atoms with Crippen LogP contribution in [0, 0.1) is 0 Å². The number of hydrogen-bond acceptors (Lipinski definition) is 7. The van der Waals surface area contributed by atoms with Crippen molar-refractivity contribution in [1.82, 2.24) is 9.38 Å². The smallest absolute Gasteiger partial charge is 0.311 e. The molecule has 0 bridgehead atoms. The van der Waals surface area contributed by atoms with Crippen LogP contribution in [-0.2, 0) is 16.0 Å². The van der Waals surface area contributed by atoms with E-state index in [1.165, 1.54) is 11.3 Å². The lowest BCUT2D eigenvalue weighted by molar-refractivity contribution is -0.142. The van der Waals surface area contributed by atoms with E-state index in [9.17, 15) is 9.59 Å². The van der Waals surface area contributed by atoms with Crippen molar-refractivity contribution in [1.29, 1.82) is 0 Å². The molecule has 0 spiro atoms. The minimum absolute atomic E-state index is 0.159. The standard InChI is InChI=1S/C19H20N2O5S/c1-4-25-15-7-6-12(8-16(15)24-3)18-14(11-22)21-10-13(27-19(21)20-18)9-17(23)26-5-2/h6-8,10-11H,4-5,9H2,1-3H3. The van der Waals surface area contributed by atoms with E-state index in [4.69, 9.17) is 14.2 Å². The number of benzene rings is 1. The highest BCUT2D eigenvalue weighted by atomic mass is 32.1. The van der Waals surface area contributed by atoms with Crippen LogP contribution in [0.3, 0.4) is 0 Å². The molecular weight excluding hydrogens is 368 g/mol. The molecule has 2 heterocycles. The molecule has 27 heavy (non-hydrogen) atoms. The second-order valence-corrected chi connectivity index (χ2v) is 6.69. The van der Waals surface area contributed by atoms with Gasteiger partial charge in [-0.15, -0.1) is 11.3 Å². The second kappa shape index (κ2) is 8.22. The third-order valence-electron chi connectivity index (χ3n) is 3.88. The number of ether oxygens (including phenoxy) is 3. The summed E-state index contributed by atoms with van der Waals surface area (Å²) in [4.78, 5) is 29.4. The Labute approximate surface area is 160 Å². The van der Waals surface area contributed by atoms with Crippen molar-refractivity contribution in [2.24, 2.45) is 0 Å². The molecule has 0 aliphatic rings. The van der Waals surface area contributed by atoms with Crippen LogP contribution >= 0.6 is 11.3 Å². The lowest BCUT2D eigenvalue weighted by Gasteiger charge is -2.10. The highest BCUT2D eigenvalue weighted by molar-refractivity contribution is 7.17. The largest absolute Gasteiger partial charge is 0.493 e. The molecule has 8 heteroatoms. The molecule has 0 aliphatic heterocycles. The van der Waals surface area contributed by atoms with Crippen LogP contribution in [-0.4, -0.2) is 42.0 Å². The first kappa shape index (κ1) is 18.9. The van der Waals surface area contributed by atoms with Crippen molar-refractivity contribution in [3.8, 4) is 22.8 Å². The van der Waals surface area contributed by atoms with Gasteiger partial charge in [0.25, 0.3) is 0 Å². The molecule has 0 fully saturated rings. The molecule has 0 atom stereocenters. The summed E-state index contributed by atoms with van der Waals surface area (Å²) >= 11 is 1.35. The van der Waals surface area contributed by atoms with Crippen LogP contribution in [0.1, 0.15) is 29.2 Å². The summed E-state index contributed by atoms with van der Waals surface area (Å²) in [5, 5.41) is 0. The van der Waals surface area contributed by atoms with Crippen LogP contribution in [0.5, 0.6) is 11.5 Å². The van der Waals surface area contributed by atoms with Crippen LogP contribution < -0.4 is 9.47 Å². The lowest BCUT2D eigenvalue weighted by Crippen LogP contribution is -2.06. The van der Waals surface area contributed by atoms with E-state index in [-0.39, 0.29) is 12.4 Å². The number of carbonyl (C=O) groups is 2. The van der Waals surface area contributed by atoms with Gasteiger partial charge >= 0.3 is 5.97 Å². The Kier molecular flexibility index (Phi) is 5.75. The van der Waals surface area contributed by atoms with Crippen LogP contribution in [0.2, 0.25) is 0 Å². The van der Waals surface area contributed by atoms with E-state index in [0.717, 1.165) is 16.7 Å². The minimum Gasteiger partial charge on any atom is -0.493 e. The molecule has 3 rings (SSSR count). The Morgan fingerprint density at radius 3 is 2.74 bits per heavy atom. The van der Waals surface area contributed by atoms with Crippen molar-refractivity contribution >= 4 is 28.6 Å². The third kappa shape index (κ3) is 3.80. The van der Waals surface area contributed by atoms with Crippen molar-refractivity contribution in [2.75, 3.05) is 20.3 Å². The van der Waals surface area contributed by atoms with Gasteiger partial charge in [-0.2, -0.15) is 0 Å². The van der Waals surface area contributed by atoms with Gasteiger partial charge in [0.15, 0.2) is 22.7 Å². The monoisotopic (exact) mass is 388 g/mol. The summed E-state index contributed by atoms with van der Waals surface area (Å²) in [6, 6.07) is 5.43. The topological polar surface area (TPSA) is 79.1 Å². The summed E-state index contributed by atoms with van der Waals surface area (Å²) in [5.74, 6) is 0.908. The minimum atomic E-state index is -0.300. The first-order valence-corrected chi connectivity index (χ1v) is 9.35. The molecule has 142 valence electrons. The second-order valence-electron chi connectivity index (χ2n) is 5.59. The van der Waals surface area contributed by atoms with Gasteiger partial charge in [-0.1, -0.05) is 0 Å². The maximum atomic E-state index is 11.7. The molecule has 0 saturated heterocycles. The number of carbonyl (C=O) groups excluding carboxylic acids is 2. The summed E-state index contributed by atoms with van der Waals surface area (Å²) < 4.78 is 17.6. The summed E-state index contributed by atoms with van der Waals surface area (Å²) in [5.41, 5.74) is 1.73. The maximum absolute atomic E-state index is 11.7. The number of fused-ring (bicyclic) bond motifs is 1. The van der Waals surface area contributed by atoms with Crippen LogP contribution in [0.25, 0.3) is 16.2 Å². The van der Waals surface area contributed by atoms with Gasteiger partial charge in [0.2, 0.25) is 0 Å². The van der Waals surface area contributed by atoms with Gasteiger partial charge in [-0.25, -0.2) is 4.98 Å². The number of rotatable bonds is 8. The number of imidazole rings is 1. The van der Waals surface area contributed by atoms with Crippen molar-refractivity contribution in [3.63, 3.8) is 0 Å². The van der Waals surface area contributed by atoms with Crippen LogP contribution in [0.15, 0.2) is 24.4 Å². The fourth-order valence-corrected chi connectivity index (χ4v) is 3.73. The molecule has 0 N–H and O–H groups in total. The van der Waals surface area contributed by atoms with E-state index in [1.807, 2.05) is 13.0 Å². The predicted octanol–water partition coefficient (Wildman–Crippen LogP) is 3.39. The lowest BCUT2D eigenvalue weighted by atomic mass is 10.1. The fourth-order valence-electron chi connectivity index (χ4n) is 2.76. The normalized spacial score (nSPS) is 10.8. The van der Waals surface area contributed by atoms with Crippen molar-refractivity contribution in [3.05, 3.63) is 35.0 Å². The quantitative estimate of drug-likeness (QED) is 0.435. The average Bonchev–Trinajstić information content (AvgIpc) is 3.19. The first-order valence-electron chi connectivity index (χ1n) is 8.54. The summed E-state index contributed by atoms with van der Waals surface area (Å²) in [7, 11) is 1.57. The molecule has 0 saturated carbocycles. The Hall–Kier alpha value is -2.87. The van der Waals surface area contributed by atoms with E-state index in [1.54, 1.807) is 36.8 Å². The number of esters is 1. The molecule has 0 unspecified atom stereocenters. The van der Waals surface area contributed by atoms with Crippen molar-refractivity contribution < 1.29 is 23.8 Å². The third-order valence-corrected chi connectivity index (χ3v) is 4.87. The Morgan fingerprint density at radius 1 is 1.26 bits per heavy atom. The SMILES string of the molecule is CCOC(=O)Cc1cn2c(C=O)c(-c3ccc(OCC)c(OC)c3)nc2s1. The van der Waals surface area contributed by atoms with Gasteiger partial charge in [-0.3, -0.25) is 14.0 Å². The van der Waals surface area contributed by atoms with E-state index in [0.29, 0.717) is 41.1 Å². The molecule has 3 aromatic rings. The number of hydrogen-bond donors (Lipinski definition) is 0. The predicted molar refractivity (Wildman–Crippen MR) is 102 cm³/mol. The number of aldehydes is 1. The number of thiazole rings is 1. The molecule has 2 aromatic heterocycles. The molecule has 0 amide bonds. The summed E-state index contributed by atoms with van der Waals surface area (Å²) in [6.07, 6.45) is 2.68. The molecule has 0 aliphatic carbocycles. The Bertz CT molecular complexity index is 976. The molecule has 7 nitrogen and oxygen atoms in total. The van der Waals surface area contributed by atoms with Gasteiger partial charge in [0.1, 0.15) is 11.4 Å². The zero-order chi connectivity index (χ0) is 19.4. The first-order chi connectivity index (χ1) is 13.1. The number of nitrogens with zero attached hydrogens (tertiary/aromatic N) is 2. The van der Waals surface area contributed by atoms with Crippen LogP contribution in [0.4, 0.5) is 0 Å². The molecule has 1 aromatic carbocycles. The number of aromatic nitrogens is 2. The fraction of sp³-hybridized carbons (Fsp3) is 0.316. The zero-order valence-electron chi connectivity index (χ0n) is 15.4. The maximum Gasteiger partial charge on any atom is 0.311 e. The van der Waals surface area contributed by atoms with E-state index in [2.05, 4.69) is 4.98 Å². The molecule has 0 radical (unpaired) electrons. The highest BCUT2D eigenvalue weighted by Gasteiger charge is 2.19. The summed E-state index contributed by atoms with van der Waals surface area (Å²) in [6.45, 7) is 4.53. The highest BCUT2D eigenvalue weighted by Crippen LogP contribution is 2.34. The average molecular weight is 388 g/mol. The van der Waals surface area contributed by atoms with E-state index >= 15 is 0 Å². The van der Waals surface area contributed by atoms with E-state index < -0.39 is 0 Å². The van der Waals surface area contributed by atoms with Gasteiger partial charge in [-0.05, 0) is 32.0 Å². The number of methoxy groups -OCH3 is 1. The van der Waals surface area contributed by atoms with Gasteiger partial charge in [0.05, 0.1) is 26.7 Å². The Morgan fingerprint density at radius 2 is 2.07 bits per heavy atom. The molecular formula is C19H20N2O5S.